The Morgan fingerprint density at radius 2 is 2.18 bits per heavy atom. The molecule has 2 heterocycles. The predicted molar refractivity (Wildman–Crippen MR) is 106 cm³/mol. The summed E-state index contributed by atoms with van der Waals surface area (Å²) in [4.78, 5) is 22.6. The maximum Gasteiger partial charge on any atom is 0.289 e. The minimum Gasteiger partial charge on any atom is -0.469 e. The Morgan fingerprint density at radius 1 is 1.39 bits per heavy atom. The predicted octanol–water partition coefficient (Wildman–Crippen LogP) is 4.16. The van der Waals surface area contributed by atoms with Gasteiger partial charge in [0, 0.05) is 18.3 Å². The highest BCUT2D eigenvalue weighted by Gasteiger charge is 2.18. The Balaban J connectivity index is 1.69. The first-order chi connectivity index (χ1) is 13.4. The molecule has 11 heteroatoms. The fraction of sp³-hybridized carbons (Fsp3) is 0.235. The lowest BCUT2D eigenvalue weighted by atomic mass is 10.2. The molecular formula is C17H16ClN5O4S. The Labute approximate surface area is 169 Å². The number of nitrogens with zero attached hydrogens (tertiary/aromatic N) is 4. The number of anilines is 1. The molecule has 1 N–H and O–H groups in total. The smallest absolute Gasteiger partial charge is 0.289 e. The first kappa shape index (κ1) is 19.9. The van der Waals surface area contributed by atoms with Gasteiger partial charge in [0.15, 0.2) is 11.0 Å². The lowest BCUT2D eigenvalue weighted by Gasteiger charge is -2.07. The highest BCUT2D eigenvalue weighted by atomic mass is 35.5. The number of nitrogens with one attached hydrogen (secondary N) is 1. The topological polar surface area (TPSA) is 116 Å². The number of benzene rings is 1. The van der Waals surface area contributed by atoms with Crippen molar-refractivity contribution in [3.63, 3.8) is 0 Å². The molecule has 0 bridgehead atoms. The summed E-state index contributed by atoms with van der Waals surface area (Å²) in [6.07, 6.45) is 1.59. The minimum atomic E-state index is -0.601. The molecule has 0 spiro atoms. The maximum absolute atomic E-state index is 12.2. The molecule has 0 aliphatic rings. The number of carbonyl (C=O) groups is 1. The molecule has 0 saturated heterocycles. The van der Waals surface area contributed by atoms with Crippen molar-refractivity contribution in [2.24, 2.45) is 0 Å². The van der Waals surface area contributed by atoms with E-state index < -0.39 is 4.92 Å². The van der Waals surface area contributed by atoms with Crippen molar-refractivity contribution in [3.05, 3.63) is 51.4 Å². The first-order valence-electron chi connectivity index (χ1n) is 8.25. The van der Waals surface area contributed by atoms with Crippen molar-refractivity contribution in [2.45, 2.75) is 25.5 Å². The Hall–Kier alpha value is -2.85. The minimum absolute atomic E-state index is 0.00971. The molecule has 3 rings (SSSR count). The summed E-state index contributed by atoms with van der Waals surface area (Å²) in [5.41, 5.74) is 0.880. The van der Waals surface area contributed by atoms with Crippen LogP contribution < -0.4 is 5.32 Å². The van der Waals surface area contributed by atoms with Crippen LogP contribution >= 0.6 is 23.4 Å². The van der Waals surface area contributed by atoms with Gasteiger partial charge in [-0.05, 0) is 32.0 Å². The molecule has 28 heavy (non-hydrogen) atoms. The molecule has 3 aromatic rings. The van der Waals surface area contributed by atoms with E-state index in [1.807, 2.05) is 24.5 Å². The van der Waals surface area contributed by atoms with Gasteiger partial charge in [0.05, 0.1) is 22.5 Å². The summed E-state index contributed by atoms with van der Waals surface area (Å²) in [6.45, 7) is 4.43. The van der Waals surface area contributed by atoms with E-state index in [0.29, 0.717) is 23.2 Å². The summed E-state index contributed by atoms with van der Waals surface area (Å²) in [5.74, 6) is 1.15. The standard InChI is InChI=1S/C17H16ClN5O4S/c1-3-22-16(12-6-7-27-10(12)2)20-21-17(22)28-9-15(24)19-11-4-5-13(18)14(8-11)23(25)26/h4-8H,3,9H2,1-2H3,(H,19,24). The third-order valence-electron chi connectivity index (χ3n) is 3.89. The number of furan rings is 1. The van der Waals surface area contributed by atoms with E-state index in [1.165, 1.54) is 30.0 Å². The van der Waals surface area contributed by atoms with E-state index in [9.17, 15) is 14.9 Å². The molecule has 0 fully saturated rings. The molecule has 0 unspecified atom stereocenters. The van der Waals surface area contributed by atoms with Crippen LogP contribution in [0.5, 0.6) is 0 Å². The van der Waals surface area contributed by atoms with Crippen LogP contribution in [0.3, 0.4) is 0 Å². The van der Waals surface area contributed by atoms with E-state index in [0.717, 1.165) is 11.3 Å². The lowest BCUT2D eigenvalue weighted by Crippen LogP contribution is -2.14. The first-order valence-corrected chi connectivity index (χ1v) is 9.61. The van der Waals surface area contributed by atoms with Crippen LogP contribution in [0.1, 0.15) is 12.7 Å². The normalized spacial score (nSPS) is 10.8. The molecule has 2 aromatic heterocycles. The van der Waals surface area contributed by atoms with Gasteiger partial charge in [-0.3, -0.25) is 14.9 Å². The van der Waals surface area contributed by atoms with Crippen molar-refractivity contribution in [1.29, 1.82) is 0 Å². The Morgan fingerprint density at radius 3 is 2.82 bits per heavy atom. The van der Waals surface area contributed by atoms with Crippen LogP contribution in [0, 0.1) is 17.0 Å². The number of rotatable bonds is 7. The monoisotopic (exact) mass is 421 g/mol. The molecule has 1 amide bonds. The summed E-state index contributed by atoms with van der Waals surface area (Å²) < 4.78 is 7.21. The number of hydrogen-bond donors (Lipinski definition) is 1. The highest BCUT2D eigenvalue weighted by molar-refractivity contribution is 7.99. The van der Waals surface area contributed by atoms with Crippen LogP contribution in [0.25, 0.3) is 11.4 Å². The molecule has 0 atom stereocenters. The average Bonchev–Trinajstić information content (AvgIpc) is 3.26. The lowest BCUT2D eigenvalue weighted by molar-refractivity contribution is -0.384. The SMILES string of the molecule is CCn1c(SCC(=O)Nc2ccc(Cl)c([N+](=O)[O-])c2)nnc1-c1ccoc1C. The summed E-state index contributed by atoms with van der Waals surface area (Å²) in [5, 5.41) is 22.5. The number of halogens is 1. The second kappa shape index (κ2) is 8.44. The fourth-order valence-electron chi connectivity index (χ4n) is 2.55. The zero-order valence-electron chi connectivity index (χ0n) is 15.0. The van der Waals surface area contributed by atoms with E-state index >= 15 is 0 Å². The summed E-state index contributed by atoms with van der Waals surface area (Å²) >= 11 is 7.00. The number of nitro benzene ring substituents is 1. The number of thioether (sulfide) groups is 1. The van der Waals surface area contributed by atoms with Gasteiger partial charge in [0.2, 0.25) is 5.91 Å². The highest BCUT2D eigenvalue weighted by Crippen LogP contribution is 2.29. The molecular weight excluding hydrogens is 406 g/mol. The van der Waals surface area contributed by atoms with Gasteiger partial charge < -0.3 is 14.3 Å². The van der Waals surface area contributed by atoms with E-state index in [-0.39, 0.29) is 22.4 Å². The van der Waals surface area contributed by atoms with Gasteiger partial charge in [0.25, 0.3) is 5.69 Å². The number of aryl methyl sites for hydroxylation is 1. The zero-order valence-corrected chi connectivity index (χ0v) is 16.6. The molecule has 9 nitrogen and oxygen atoms in total. The Kier molecular flexibility index (Phi) is 6.00. The molecule has 0 radical (unpaired) electrons. The van der Waals surface area contributed by atoms with Crippen molar-refractivity contribution < 1.29 is 14.1 Å². The van der Waals surface area contributed by atoms with E-state index in [2.05, 4.69) is 15.5 Å². The molecule has 0 saturated carbocycles. The number of aromatic nitrogens is 3. The van der Waals surface area contributed by atoms with E-state index in [1.54, 1.807) is 6.26 Å². The fourth-order valence-corrected chi connectivity index (χ4v) is 3.54. The second-order valence-electron chi connectivity index (χ2n) is 5.70. The summed E-state index contributed by atoms with van der Waals surface area (Å²) in [6, 6.07) is 5.92. The van der Waals surface area contributed by atoms with Gasteiger partial charge >= 0.3 is 0 Å². The van der Waals surface area contributed by atoms with Gasteiger partial charge in [-0.2, -0.15) is 0 Å². The largest absolute Gasteiger partial charge is 0.469 e. The van der Waals surface area contributed by atoms with Gasteiger partial charge in [-0.1, -0.05) is 23.4 Å². The maximum atomic E-state index is 12.2. The average molecular weight is 422 g/mol. The van der Waals surface area contributed by atoms with Crippen LogP contribution in [0.2, 0.25) is 5.02 Å². The quantitative estimate of drug-likeness (QED) is 0.346. The molecule has 0 aliphatic carbocycles. The zero-order chi connectivity index (χ0) is 20.3. The number of carbonyl (C=O) groups excluding carboxylic acids is 1. The van der Waals surface area contributed by atoms with Crippen LogP contribution in [-0.4, -0.2) is 31.3 Å². The molecule has 0 aliphatic heterocycles. The van der Waals surface area contributed by atoms with Gasteiger partial charge in [-0.15, -0.1) is 10.2 Å². The number of nitro groups is 1. The van der Waals surface area contributed by atoms with Crippen molar-refractivity contribution in [3.8, 4) is 11.4 Å². The summed E-state index contributed by atoms with van der Waals surface area (Å²) in [7, 11) is 0. The molecule has 146 valence electrons. The van der Waals surface area contributed by atoms with Crippen molar-refractivity contribution in [2.75, 3.05) is 11.1 Å². The van der Waals surface area contributed by atoms with Gasteiger partial charge in [0.1, 0.15) is 10.8 Å². The Bertz CT molecular complexity index is 1030. The van der Waals surface area contributed by atoms with Crippen molar-refractivity contribution in [1.82, 2.24) is 14.8 Å². The van der Waals surface area contributed by atoms with Gasteiger partial charge in [-0.25, -0.2) is 0 Å². The third kappa shape index (κ3) is 4.18. The third-order valence-corrected chi connectivity index (χ3v) is 5.18. The number of hydrogen-bond acceptors (Lipinski definition) is 7. The van der Waals surface area contributed by atoms with Crippen LogP contribution in [0.15, 0.2) is 40.1 Å². The van der Waals surface area contributed by atoms with Crippen LogP contribution in [0.4, 0.5) is 11.4 Å². The second-order valence-corrected chi connectivity index (χ2v) is 7.05. The number of amides is 1. The van der Waals surface area contributed by atoms with E-state index in [4.69, 9.17) is 16.0 Å². The molecule has 1 aromatic carbocycles. The van der Waals surface area contributed by atoms with Crippen LogP contribution in [-0.2, 0) is 11.3 Å². The van der Waals surface area contributed by atoms with Crippen molar-refractivity contribution >= 4 is 40.6 Å².